The molecule has 146 valence electrons. The zero-order valence-electron chi connectivity index (χ0n) is 15.5. The van der Waals surface area contributed by atoms with Crippen molar-refractivity contribution in [2.24, 2.45) is 0 Å². The molecule has 27 heavy (non-hydrogen) atoms. The molecule has 0 amide bonds. The Morgan fingerprint density at radius 3 is 2.52 bits per heavy atom. The van der Waals surface area contributed by atoms with Crippen molar-refractivity contribution in [1.29, 1.82) is 0 Å². The van der Waals surface area contributed by atoms with E-state index in [4.69, 9.17) is 21.1 Å². The molecule has 0 saturated carbocycles. The van der Waals surface area contributed by atoms with Crippen LogP contribution in [-0.4, -0.2) is 46.4 Å². The van der Waals surface area contributed by atoms with Crippen LogP contribution >= 0.6 is 11.6 Å². The average molecular weight is 410 g/mol. The van der Waals surface area contributed by atoms with Crippen LogP contribution in [0.1, 0.15) is 24.4 Å². The Kier molecular flexibility index (Phi) is 6.29. The highest BCUT2D eigenvalue weighted by Crippen LogP contribution is 2.38. The van der Waals surface area contributed by atoms with Crippen LogP contribution in [0.3, 0.4) is 0 Å². The summed E-state index contributed by atoms with van der Waals surface area (Å²) in [4.78, 5) is 2.52. The van der Waals surface area contributed by atoms with Crippen molar-refractivity contribution >= 4 is 21.4 Å². The first-order chi connectivity index (χ1) is 12.9. The van der Waals surface area contributed by atoms with Crippen molar-refractivity contribution < 1.29 is 17.9 Å². The summed E-state index contributed by atoms with van der Waals surface area (Å²) in [7, 11) is -0.0709. The Morgan fingerprint density at radius 1 is 1.11 bits per heavy atom. The van der Waals surface area contributed by atoms with Crippen LogP contribution in [0, 0.1) is 0 Å². The van der Waals surface area contributed by atoms with Gasteiger partial charge in [-0.3, -0.25) is 4.90 Å². The molecular formula is C20H24ClNO4S. The molecule has 0 aromatic heterocycles. The largest absolute Gasteiger partial charge is 0.497 e. The van der Waals surface area contributed by atoms with Gasteiger partial charge in [-0.2, -0.15) is 0 Å². The number of halogens is 1. The van der Waals surface area contributed by atoms with E-state index in [-0.39, 0.29) is 11.8 Å². The van der Waals surface area contributed by atoms with E-state index in [0.717, 1.165) is 36.4 Å². The van der Waals surface area contributed by atoms with Crippen molar-refractivity contribution in [3.8, 4) is 11.5 Å². The van der Waals surface area contributed by atoms with Gasteiger partial charge in [-0.05, 0) is 61.9 Å². The Morgan fingerprint density at radius 2 is 1.85 bits per heavy atom. The molecule has 1 fully saturated rings. The zero-order chi connectivity index (χ0) is 19.4. The maximum Gasteiger partial charge on any atom is 0.179 e. The number of sulfone groups is 1. The molecule has 1 aliphatic heterocycles. The predicted molar refractivity (Wildman–Crippen MR) is 107 cm³/mol. The van der Waals surface area contributed by atoms with E-state index in [1.807, 2.05) is 18.2 Å². The molecule has 2 aromatic rings. The number of nitrogens with zero attached hydrogens (tertiary/aromatic N) is 1. The van der Waals surface area contributed by atoms with Gasteiger partial charge in [-0.25, -0.2) is 8.42 Å². The molecule has 1 heterocycles. The van der Waals surface area contributed by atoms with Crippen molar-refractivity contribution in [1.82, 2.24) is 4.90 Å². The number of benzene rings is 2. The predicted octanol–water partition coefficient (Wildman–Crippen LogP) is 3.97. The fourth-order valence-corrected chi connectivity index (χ4v) is 4.93. The topological polar surface area (TPSA) is 55.8 Å². The van der Waals surface area contributed by atoms with Crippen LogP contribution in [0.15, 0.2) is 47.4 Å². The van der Waals surface area contributed by atoms with Gasteiger partial charge in [0.15, 0.2) is 9.84 Å². The fraction of sp³-hybridized carbons (Fsp3) is 0.400. The summed E-state index contributed by atoms with van der Waals surface area (Å²) < 4.78 is 36.2. The van der Waals surface area contributed by atoms with Gasteiger partial charge in [0.05, 0.1) is 24.9 Å². The SMILES string of the molecule is COc1ccc(OC)c(C2CCCN2CCS(=O)(=O)c2ccc(Cl)cc2)c1. The maximum absolute atomic E-state index is 12.7. The van der Waals surface area contributed by atoms with Gasteiger partial charge in [-0.15, -0.1) is 0 Å². The van der Waals surface area contributed by atoms with Crippen LogP contribution < -0.4 is 9.47 Å². The lowest BCUT2D eigenvalue weighted by atomic mass is 10.0. The number of likely N-dealkylation sites (tertiary alicyclic amines) is 1. The smallest absolute Gasteiger partial charge is 0.179 e. The van der Waals surface area contributed by atoms with Crippen molar-refractivity contribution in [2.75, 3.05) is 33.1 Å². The van der Waals surface area contributed by atoms with Crippen molar-refractivity contribution in [3.63, 3.8) is 0 Å². The zero-order valence-corrected chi connectivity index (χ0v) is 17.1. The number of hydrogen-bond donors (Lipinski definition) is 0. The van der Waals surface area contributed by atoms with E-state index in [1.54, 1.807) is 38.5 Å². The van der Waals surface area contributed by atoms with Gasteiger partial charge in [-0.1, -0.05) is 11.6 Å². The summed E-state index contributed by atoms with van der Waals surface area (Å²) in [6.45, 7) is 1.33. The summed E-state index contributed by atoms with van der Waals surface area (Å²) in [6, 6.07) is 12.2. The highest BCUT2D eigenvalue weighted by atomic mass is 35.5. The molecule has 0 N–H and O–H groups in total. The first-order valence-corrected chi connectivity index (χ1v) is 10.9. The second kappa shape index (κ2) is 8.50. The number of methoxy groups -OCH3 is 2. The minimum Gasteiger partial charge on any atom is -0.497 e. The third-order valence-corrected chi connectivity index (χ3v) is 6.94. The number of hydrogen-bond acceptors (Lipinski definition) is 5. The second-order valence-corrected chi connectivity index (χ2v) is 9.12. The molecule has 3 rings (SSSR count). The van der Waals surface area contributed by atoms with E-state index in [0.29, 0.717) is 16.5 Å². The average Bonchev–Trinajstić information content (AvgIpc) is 3.14. The maximum atomic E-state index is 12.7. The monoisotopic (exact) mass is 409 g/mol. The lowest BCUT2D eigenvalue weighted by molar-refractivity contribution is 0.264. The van der Waals surface area contributed by atoms with Gasteiger partial charge in [0.2, 0.25) is 0 Å². The molecule has 1 saturated heterocycles. The molecule has 2 aromatic carbocycles. The fourth-order valence-electron chi connectivity index (χ4n) is 3.54. The van der Waals surface area contributed by atoms with E-state index in [2.05, 4.69) is 4.90 Å². The Balaban J connectivity index is 1.76. The van der Waals surface area contributed by atoms with E-state index in [1.165, 1.54) is 0 Å². The first kappa shape index (κ1) is 20.0. The summed E-state index contributed by atoms with van der Waals surface area (Å²) in [5.41, 5.74) is 1.04. The molecule has 1 aliphatic rings. The Bertz CT molecular complexity index is 883. The summed E-state index contributed by atoms with van der Waals surface area (Å²) in [5, 5.41) is 0.527. The number of rotatable bonds is 7. The molecule has 0 spiro atoms. The van der Waals surface area contributed by atoms with Gasteiger partial charge in [0.25, 0.3) is 0 Å². The molecule has 5 nitrogen and oxygen atoms in total. The Labute approximate surface area is 165 Å². The Hall–Kier alpha value is -1.76. The second-order valence-electron chi connectivity index (χ2n) is 6.57. The third-order valence-electron chi connectivity index (χ3n) is 4.98. The van der Waals surface area contributed by atoms with Gasteiger partial charge in [0, 0.05) is 23.2 Å². The molecule has 7 heteroatoms. The van der Waals surface area contributed by atoms with E-state index < -0.39 is 9.84 Å². The standard InChI is InChI=1S/C20H24ClNO4S/c1-25-16-7-10-20(26-2)18(14-16)19-4-3-11-22(19)12-13-27(23,24)17-8-5-15(21)6-9-17/h5-10,14,19H,3-4,11-13H2,1-2H3. The van der Waals surface area contributed by atoms with Crippen LogP contribution in [0.5, 0.6) is 11.5 Å². The van der Waals surface area contributed by atoms with Gasteiger partial charge in [0.1, 0.15) is 11.5 Å². The summed E-state index contributed by atoms with van der Waals surface area (Å²) in [6.07, 6.45) is 1.98. The van der Waals surface area contributed by atoms with Crippen LogP contribution in [0.4, 0.5) is 0 Å². The molecule has 1 unspecified atom stereocenters. The highest BCUT2D eigenvalue weighted by molar-refractivity contribution is 7.91. The third kappa shape index (κ3) is 4.57. The normalized spacial score (nSPS) is 17.8. The summed E-state index contributed by atoms with van der Waals surface area (Å²) in [5.74, 6) is 1.64. The molecule has 1 atom stereocenters. The lowest BCUT2D eigenvalue weighted by Gasteiger charge is -2.26. The van der Waals surface area contributed by atoms with Gasteiger partial charge >= 0.3 is 0 Å². The lowest BCUT2D eigenvalue weighted by Crippen LogP contribution is -2.29. The molecule has 0 bridgehead atoms. The minimum atomic E-state index is -3.35. The first-order valence-electron chi connectivity index (χ1n) is 8.89. The number of ether oxygens (including phenoxy) is 2. The minimum absolute atomic E-state index is 0.0669. The van der Waals surface area contributed by atoms with Crippen LogP contribution in [-0.2, 0) is 9.84 Å². The molecular weight excluding hydrogens is 386 g/mol. The molecule has 0 aliphatic carbocycles. The van der Waals surface area contributed by atoms with Crippen LogP contribution in [0.25, 0.3) is 0 Å². The highest BCUT2D eigenvalue weighted by Gasteiger charge is 2.30. The van der Waals surface area contributed by atoms with Gasteiger partial charge < -0.3 is 9.47 Å². The van der Waals surface area contributed by atoms with Crippen LogP contribution in [0.2, 0.25) is 5.02 Å². The van der Waals surface area contributed by atoms with E-state index in [9.17, 15) is 8.42 Å². The van der Waals surface area contributed by atoms with Crippen molar-refractivity contribution in [2.45, 2.75) is 23.8 Å². The van der Waals surface area contributed by atoms with E-state index >= 15 is 0 Å². The summed E-state index contributed by atoms with van der Waals surface area (Å²) >= 11 is 5.86. The van der Waals surface area contributed by atoms with Crippen molar-refractivity contribution in [3.05, 3.63) is 53.1 Å². The quantitative estimate of drug-likeness (QED) is 0.692. The molecule has 0 radical (unpaired) electrons.